The van der Waals surface area contributed by atoms with Crippen LogP contribution in [0, 0.1) is 6.92 Å². The van der Waals surface area contributed by atoms with E-state index >= 15 is 0 Å². The van der Waals surface area contributed by atoms with Crippen molar-refractivity contribution in [3.05, 3.63) is 23.5 Å². The van der Waals surface area contributed by atoms with Crippen molar-refractivity contribution in [2.75, 3.05) is 25.1 Å². The first-order chi connectivity index (χ1) is 11.0. The fraction of sp³-hybridized carbons (Fsp3) is 0.667. The summed E-state index contributed by atoms with van der Waals surface area (Å²) in [6, 6.07) is 4.22. The van der Waals surface area contributed by atoms with Crippen LogP contribution in [0.15, 0.2) is 12.1 Å². The van der Waals surface area contributed by atoms with Gasteiger partial charge in [-0.25, -0.2) is 4.98 Å². The summed E-state index contributed by atoms with van der Waals surface area (Å²) in [5.74, 6) is 1.52. The summed E-state index contributed by atoms with van der Waals surface area (Å²) in [5.41, 5.74) is 3.06. The van der Waals surface area contributed by atoms with Gasteiger partial charge < -0.3 is 9.64 Å². The van der Waals surface area contributed by atoms with Crippen LogP contribution < -0.4 is 4.90 Å². The van der Waals surface area contributed by atoms with Crippen LogP contribution in [0.4, 0.5) is 5.82 Å². The quantitative estimate of drug-likeness (QED) is 0.846. The molecule has 0 aromatic carbocycles. The molecular weight excluding hydrogens is 288 g/mol. The molecule has 1 fully saturated rings. The van der Waals surface area contributed by atoms with Gasteiger partial charge in [-0.1, -0.05) is 13.8 Å². The van der Waals surface area contributed by atoms with Crippen molar-refractivity contribution < 1.29 is 4.74 Å². The third-order valence-electron chi connectivity index (χ3n) is 4.59. The van der Waals surface area contributed by atoms with E-state index in [0.29, 0.717) is 12.0 Å². The molecule has 0 spiro atoms. The minimum absolute atomic E-state index is 0.407. The van der Waals surface area contributed by atoms with Gasteiger partial charge in [-0.15, -0.1) is 0 Å². The third-order valence-corrected chi connectivity index (χ3v) is 4.59. The zero-order chi connectivity index (χ0) is 16.4. The molecule has 2 aromatic heterocycles. The summed E-state index contributed by atoms with van der Waals surface area (Å²) >= 11 is 0. The van der Waals surface area contributed by atoms with Gasteiger partial charge >= 0.3 is 0 Å². The lowest BCUT2D eigenvalue weighted by Crippen LogP contribution is -2.28. The number of nitrogens with zero attached hydrogens (tertiary/aromatic N) is 4. The largest absolute Gasteiger partial charge is 0.378 e. The number of hydrogen-bond donors (Lipinski definition) is 0. The number of fused-ring (bicyclic) bond motifs is 1. The van der Waals surface area contributed by atoms with E-state index in [1.807, 2.05) is 17.5 Å². The number of aromatic nitrogens is 3. The van der Waals surface area contributed by atoms with Gasteiger partial charge in [0.2, 0.25) is 0 Å². The van der Waals surface area contributed by atoms with E-state index in [0.717, 1.165) is 42.4 Å². The van der Waals surface area contributed by atoms with Gasteiger partial charge in [0, 0.05) is 38.0 Å². The Morgan fingerprint density at radius 3 is 2.87 bits per heavy atom. The Hall–Kier alpha value is -1.62. The van der Waals surface area contributed by atoms with Gasteiger partial charge in [0.15, 0.2) is 5.65 Å². The molecule has 1 atom stereocenters. The molecule has 0 N–H and O–H groups in total. The highest BCUT2D eigenvalue weighted by Gasteiger charge is 2.17. The molecule has 0 unspecified atom stereocenters. The van der Waals surface area contributed by atoms with Gasteiger partial charge in [-0.3, -0.25) is 0 Å². The van der Waals surface area contributed by atoms with Crippen LogP contribution in [0.2, 0.25) is 0 Å². The molecule has 5 heteroatoms. The Morgan fingerprint density at radius 2 is 2.17 bits per heavy atom. The highest BCUT2D eigenvalue weighted by molar-refractivity contribution is 5.52. The van der Waals surface area contributed by atoms with E-state index in [4.69, 9.17) is 9.72 Å². The van der Waals surface area contributed by atoms with Crippen LogP contribution in [0.3, 0.4) is 0 Å². The summed E-state index contributed by atoms with van der Waals surface area (Å²) in [4.78, 5) is 7.02. The Morgan fingerprint density at radius 1 is 1.35 bits per heavy atom. The maximum absolute atomic E-state index is 5.86. The van der Waals surface area contributed by atoms with Crippen molar-refractivity contribution in [2.24, 2.45) is 0 Å². The second-order valence-corrected chi connectivity index (χ2v) is 6.95. The first-order valence-electron chi connectivity index (χ1n) is 8.74. The highest BCUT2D eigenvalue weighted by Crippen LogP contribution is 2.23. The van der Waals surface area contributed by atoms with Crippen LogP contribution in [0.1, 0.15) is 56.8 Å². The molecule has 126 valence electrons. The molecule has 1 aliphatic rings. The average Bonchev–Trinajstić information content (AvgIpc) is 2.92. The fourth-order valence-electron chi connectivity index (χ4n) is 3.15. The van der Waals surface area contributed by atoms with Crippen LogP contribution in [0.25, 0.3) is 5.65 Å². The maximum Gasteiger partial charge on any atom is 0.157 e. The average molecular weight is 316 g/mol. The van der Waals surface area contributed by atoms with Gasteiger partial charge in [-0.2, -0.15) is 9.61 Å². The molecule has 0 bridgehead atoms. The predicted molar refractivity (Wildman–Crippen MR) is 93.3 cm³/mol. The lowest BCUT2D eigenvalue weighted by atomic mass is 10.1. The zero-order valence-corrected chi connectivity index (χ0v) is 14.7. The van der Waals surface area contributed by atoms with Crippen molar-refractivity contribution in [1.82, 2.24) is 14.6 Å². The number of aryl methyl sites for hydroxylation is 1. The summed E-state index contributed by atoms with van der Waals surface area (Å²) < 4.78 is 7.82. The lowest BCUT2D eigenvalue weighted by molar-refractivity contribution is 0.0126. The molecule has 1 aliphatic heterocycles. The Balaban J connectivity index is 1.81. The number of ether oxygens (including phenoxy) is 1. The molecule has 0 amide bonds. The summed E-state index contributed by atoms with van der Waals surface area (Å²) in [7, 11) is 2.14. The predicted octanol–water partition coefficient (Wildman–Crippen LogP) is 3.56. The van der Waals surface area contributed by atoms with E-state index in [2.05, 4.69) is 37.0 Å². The second-order valence-electron chi connectivity index (χ2n) is 6.95. The van der Waals surface area contributed by atoms with Crippen LogP contribution >= 0.6 is 0 Å². The minimum Gasteiger partial charge on any atom is -0.378 e. The van der Waals surface area contributed by atoms with E-state index < -0.39 is 0 Å². The van der Waals surface area contributed by atoms with Gasteiger partial charge in [0.25, 0.3) is 0 Å². The first-order valence-corrected chi connectivity index (χ1v) is 8.74. The summed E-state index contributed by atoms with van der Waals surface area (Å²) in [6.07, 6.45) is 5.17. The van der Waals surface area contributed by atoms with E-state index in [-0.39, 0.29) is 0 Å². The van der Waals surface area contributed by atoms with Gasteiger partial charge in [-0.05, 0) is 38.5 Å². The standard InChI is InChI=1S/C18H28N4O/c1-13(2)16-12-18(22-17(19-16)11-14(3)20-22)21(4)9-8-15-7-5-6-10-23-15/h11-13,15H,5-10H2,1-4H3/t15-/m1/s1. The SMILES string of the molecule is Cc1cc2nc(C(C)C)cc(N(C)CC[C@H]3CCCCO3)n2n1. The smallest absolute Gasteiger partial charge is 0.157 e. The van der Waals surface area contributed by atoms with Crippen molar-refractivity contribution in [1.29, 1.82) is 0 Å². The van der Waals surface area contributed by atoms with E-state index in [9.17, 15) is 0 Å². The van der Waals surface area contributed by atoms with Gasteiger partial charge in [0.05, 0.1) is 11.8 Å². The minimum atomic E-state index is 0.407. The Kier molecular flexibility index (Phi) is 4.85. The summed E-state index contributed by atoms with van der Waals surface area (Å²) in [6.45, 7) is 8.27. The molecule has 0 aliphatic carbocycles. The molecule has 3 rings (SSSR count). The molecule has 1 saturated heterocycles. The summed E-state index contributed by atoms with van der Waals surface area (Å²) in [5, 5.41) is 4.61. The maximum atomic E-state index is 5.86. The highest BCUT2D eigenvalue weighted by atomic mass is 16.5. The van der Waals surface area contributed by atoms with Crippen LogP contribution in [0.5, 0.6) is 0 Å². The van der Waals surface area contributed by atoms with E-state index in [1.54, 1.807) is 0 Å². The topological polar surface area (TPSA) is 42.7 Å². The first kappa shape index (κ1) is 16.2. The monoisotopic (exact) mass is 316 g/mol. The van der Waals surface area contributed by atoms with Crippen molar-refractivity contribution >= 4 is 11.5 Å². The Bertz CT molecular complexity index is 658. The van der Waals surface area contributed by atoms with Crippen LogP contribution in [-0.2, 0) is 4.74 Å². The molecule has 0 radical (unpaired) electrons. The lowest BCUT2D eigenvalue weighted by Gasteiger charge is -2.26. The zero-order valence-electron chi connectivity index (χ0n) is 14.7. The normalized spacial score (nSPS) is 18.7. The van der Waals surface area contributed by atoms with E-state index in [1.165, 1.54) is 19.3 Å². The number of hydrogen-bond acceptors (Lipinski definition) is 4. The van der Waals surface area contributed by atoms with Crippen molar-refractivity contribution in [3.8, 4) is 0 Å². The fourth-order valence-corrected chi connectivity index (χ4v) is 3.15. The van der Waals surface area contributed by atoms with Crippen molar-refractivity contribution in [2.45, 2.75) is 58.5 Å². The molecule has 0 saturated carbocycles. The molecule has 23 heavy (non-hydrogen) atoms. The van der Waals surface area contributed by atoms with Gasteiger partial charge in [0.1, 0.15) is 5.82 Å². The second kappa shape index (κ2) is 6.87. The van der Waals surface area contributed by atoms with Crippen LogP contribution in [-0.4, -0.2) is 40.9 Å². The molecule has 3 heterocycles. The Labute approximate surface area is 138 Å². The number of anilines is 1. The number of rotatable bonds is 5. The van der Waals surface area contributed by atoms with Crippen molar-refractivity contribution in [3.63, 3.8) is 0 Å². The molecule has 2 aromatic rings. The molecule has 5 nitrogen and oxygen atoms in total. The molecular formula is C18H28N4O. The third kappa shape index (κ3) is 3.66.